The SMILES string of the molecule is CCC1(CC)C[C@@H](NC(=O)c2cccc(NS(=O)(=O)c3ccccc3)c2C)c2ccccc2O1. The van der Waals surface area contributed by atoms with Gasteiger partial charge in [-0.2, -0.15) is 0 Å². The van der Waals surface area contributed by atoms with Crippen molar-refractivity contribution >= 4 is 21.6 Å². The monoisotopic (exact) mass is 478 g/mol. The molecule has 6 nitrogen and oxygen atoms in total. The van der Waals surface area contributed by atoms with Gasteiger partial charge in [0.1, 0.15) is 11.4 Å². The average Bonchev–Trinajstić information content (AvgIpc) is 2.85. The number of anilines is 1. The molecule has 1 heterocycles. The maximum atomic E-state index is 13.4. The summed E-state index contributed by atoms with van der Waals surface area (Å²) in [6.45, 7) is 5.95. The van der Waals surface area contributed by atoms with E-state index in [1.54, 1.807) is 43.3 Å². The Hall–Kier alpha value is -3.32. The molecule has 1 atom stereocenters. The Kier molecular flexibility index (Phi) is 6.66. The van der Waals surface area contributed by atoms with Crippen molar-refractivity contribution in [2.24, 2.45) is 0 Å². The van der Waals surface area contributed by atoms with Crippen molar-refractivity contribution in [1.82, 2.24) is 5.32 Å². The highest BCUT2D eigenvalue weighted by atomic mass is 32.2. The predicted octanol–water partition coefficient (Wildman–Crippen LogP) is 5.61. The Bertz CT molecular complexity index is 1280. The van der Waals surface area contributed by atoms with Gasteiger partial charge < -0.3 is 10.1 Å². The summed E-state index contributed by atoms with van der Waals surface area (Å²) in [7, 11) is -3.77. The molecular formula is C27H30N2O4S. The van der Waals surface area contributed by atoms with Gasteiger partial charge in [-0.15, -0.1) is 0 Å². The molecule has 0 aromatic heterocycles. The lowest BCUT2D eigenvalue weighted by molar-refractivity contribution is 0.0227. The van der Waals surface area contributed by atoms with Crippen molar-refractivity contribution in [1.29, 1.82) is 0 Å². The summed E-state index contributed by atoms with van der Waals surface area (Å²) >= 11 is 0. The fourth-order valence-electron chi connectivity index (χ4n) is 4.46. The Morgan fingerprint density at radius 3 is 2.35 bits per heavy atom. The van der Waals surface area contributed by atoms with Crippen LogP contribution in [0, 0.1) is 6.92 Å². The van der Waals surface area contributed by atoms with Crippen molar-refractivity contribution in [3.63, 3.8) is 0 Å². The molecule has 1 aliphatic rings. The Morgan fingerprint density at radius 1 is 0.971 bits per heavy atom. The number of sulfonamides is 1. The summed E-state index contributed by atoms with van der Waals surface area (Å²) in [4.78, 5) is 13.6. The van der Waals surface area contributed by atoms with Gasteiger partial charge in [-0.05, 0) is 55.7 Å². The fraction of sp³-hybridized carbons (Fsp3) is 0.296. The first-order valence-corrected chi connectivity index (χ1v) is 13.0. The molecule has 0 saturated heterocycles. The molecule has 2 N–H and O–H groups in total. The second kappa shape index (κ2) is 9.50. The number of benzene rings is 3. The molecule has 178 valence electrons. The molecule has 0 aliphatic carbocycles. The third-order valence-corrected chi connectivity index (χ3v) is 8.05. The van der Waals surface area contributed by atoms with E-state index in [0.717, 1.165) is 24.2 Å². The molecule has 4 rings (SSSR count). The molecule has 0 fully saturated rings. The number of carbonyl (C=O) groups excluding carboxylic acids is 1. The van der Waals surface area contributed by atoms with Crippen LogP contribution in [-0.4, -0.2) is 19.9 Å². The predicted molar refractivity (Wildman–Crippen MR) is 134 cm³/mol. The fourth-order valence-corrected chi connectivity index (χ4v) is 5.61. The Labute approximate surface area is 201 Å². The van der Waals surface area contributed by atoms with Crippen molar-refractivity contribution in [3.8, 4) is 5.75 Å². The molecule has 3 aromatic carbocycles. The molecule has 3 aromatic rings. The third-order valence-electron chi connectivity index (χ3n) is 6.67. The van der Waals surface area contributed by atoms with E-state index in [1.807, 2.05) is 24.3 Å². The summed E-state index contributed by atoms with van der Waals surface area (Å²) < 4.78 is 34.6. The zero-order chi connectivity index (χ0) is 24.3. The molecular weight excluding hydrogens is 448 g/mol. The number of rotatable bonds is 7. The van der Waals surface area contributed by atoms with E-state index < -0.39 is 10.0 Å². The summed E-state index contributed by atoms with van der Waals surface area (Å²) in [5.74, 6) is 0.546. The van der Waals surface area contributed by atoms with Gasteiger partial charge in [-0.25, -0.2) is 8.42 Å². The van der Waals surface area contributed by atoms with Crippen LogP contribution in [0.3, 0.4) is 0 Å². The number of para-hydroxylation sites is 1. The largest absolute Gasteiger partial charge is 0.487 e. The lowest BCUT2D eigenvalue weighted by atomic mass is 9.83. The van der Waals surface area contributed by atoms with Crippen LogP contribution in [0.4, 0.5) is 5.69 Å². The number of ether oxygens (including phenoxy) is 1. The molecule has 7 heteroatoms. The Balaban J connectivity index is 1.61. The van der Waals surface area contributed by atoms with Crippen LogP contribution in [0.25, 0.3) is 0 Å². The second-order valence-electron chi connectivity index (χ2n) is 8.66. The van der Waals surface area contributed by atoms with Crippen LogP contribution in [-0.2, 0) is 10.0 Å². The molecule has 1 aliphatic heterocycles. The van der Waals surface area contributed by atoms with E-state index in [1.165, 1.54) is 12.1 Å². The summed E-state index contributed by atoms with van der Waals surface area (Å²) in [5.41, 5.74) is 1.98. The van der Waals surface area contributed by atoms with Crippen LogP contribution >= 0.6 is 0 Å². The molecule has 1 amide bonds. The minimum Gasteiger partial charge on any atom is -0.487 e. The van der Waals surface area contributed by atoms with Crippen LogP contribution in [0.2, 0.25) is 0 Å². The number of nitrogens with one attached hydrogen (secondary N) is 2. The van der Waals surface area contributed by atoms with E-state index in [2.05, 4.69) is 23.9 Å². The topological polar surface area (TPSA) is 84.5 Å². The summed E-state index contributed by atoms with van der Waals surface area (Å²) in [5, 5.41) is 3.18. The average molecular weight is 479 g/mol. The maximum absolute atomic E-state index is 13.4. The highest BCUT2D eigenvalue weighted by Gasteiger charge is 2.39. The third kappa shape index (κ3) is 4.66. The second-order valence-corrected chi connectivity index (χ2v) is 10.3. The van der Waals surface area contributed by atoms with Crippen LogP contribution in [0.1, 0.15) is 60.6 Å². The highest BCUT2D eigenvalue weighted by molar-refractivity contribution is 7.92. The van der Waals surface area contributed by atoms with Gasteiger partial charge in [-0.1, -0.05) is 56.3 Å². The van der Waals surface area contributed by atoms with Gasteiger partial charge in [0.15, 0.2) is 0 Å². The number of amides is 1. The van der Waals surface area contributed by atoms with Gasteiger partial charge in [0.2, 0.25) is 0 Å². The molecule has 0 radical (unpaired) electrons. The minimum atomic E-state index is -3.77. The first kappa shape index (κ1) is 23.8. The summed E-state index contributed by atoms with van der Waals surface area (Å²) in [6, 6.07) is 20.8. The van der Waals surface area contributed by atoms with Crippen molar-refractivity contribution < 1.29 is 17.9 Å². The van der Waals surface area contributed by atoms with E-state index in [-0.39, 0.29) is 22.4 Å². The van der Waals surface area contributed by atoms with Gasteiger partial charge >= 0.3 is 0 Å². The van der Waals surface area contributed by atoms with E-state index in [4.69, 9.17) is 4.74 Å². The van der Waals surface area contributed by atoms with Gasteiger partial charge in [0, 0.05) is 17.5 Å². The van der Waals surface area contributed by atoms with Crippen LogP contribution in [0.5, 0.6) is 5.75 Å². The molecule has 0 spiro atoms. The smallest absolute Gasteiger partial charge is 0.261 e. The van der Waals surface area contributed by atoms with Crippen molar-refractivity contribution in [3.05, 3.63) is 89.5 Å². The normalized spacial score (nSPS) is 16.7. The van der Waals surface area contributed by atoms with Crippen LogP contribution < -0.4 is 14.8 Å². The minimum absolute atomic E-state index is 0.165. The summed E-state index contributed by atoms with van der Waals surface area (Å²) in [6.07, 6.45) is 2.34. The van der Waals surface area contributed by atoms with Gasteiger partial charge in [-0.3, -0.25) is 9.52 Å². The zero-order valence-corrected chi connectivity index (χ0v) is 20.5. The van der Waals surface area contributed by atoms with Gasteiger partial charge in [0.25, 0.3) is 15.9 Å². The first-order chi connectivity index (χ1) is 16.3. The highest BCUT2D eigenvalue weighted by Crippen LogP contribution is 2.42. The zero-order valence-electron chi connectivity index (χ0n) is 19.7. The Morgan fingerprint density at radius 2 is 1.65 bits per heavy atom. The quantitative estimate of drug-likeness (QED) is 0.462. The van der Waals surface area contributed by atoms with Crippen LogP contribution in [0.15, 0.2) is 77.7 Å². The number of carbonyl (C=O) groups is 1. The van der Waals surface area contributed by atoms with E-state index in [9.17, 15) is 13.2 Å². The van der Waals surface area contributed by atoms with E-state index in [0.29, 0.717) is 23.2 Å². The van der Waals surface area contributed by atoms with Gasteiger partial charge in [0.05, 0.1) is 16.6 Å². The number of fused-ring (bicyclic) bond motifs is 1. The maximum Gasteiger partial charge on any atom is 0.261 e. The number of hydrogen-bond donors (Lipinski definition) is 2. The van der Waals surface area contributed by atoms with Crippen molar-refractivity contribution in [2.45, 2.75) is 56.6 Å². The molecule has 0 unspecified atom stereocenters. The number of hydrogen-bond acceptors (Lipinski definition) is 4. The lowest BCUT2D eigenvalue weighted by Gasteiger charge is -2.41. The first-order valence-electron chi connectivity index (χ1n) is 11.5. The standard InChI is InChI=1S/C27H30N2O4S/c1-4-27(5-2)18-24(22-14-9-10-17-25(22)33-27)28-26(30)21-15-11-16-23(19(21)3)29-34(31,32)20-12-7-6-8-13-20/h6-17,24,29H,4-5,18H2,1-3H3,(H,28,30)/t24-/m1/s1. The van der Waals surface area contributed by atoms with Crippen molar-refractivity contribution in [2.75, 3.05) is 4.72 Å². The molecule has 0 saturated carbocycles. The van der Waals surface area contributed by atoms with E-state index >= 15 is 0 Å². The lowest BCUT2D eigenvalue weighted by Crippen LogP contribution is -2.44. The molecule has 34 heavy (non-hydrogen) atoms. The molecule has 0 bridgehead atoms.